The third-order valence-corrected chi connectivity index (χ3v) is 1.93. The Kier molecular flexibility index (Phi) is 4.05. The van der Waals surface area contributed by atoms with Crippen LogP contribution in [0.15, 0.2) is 23.4 Å². The second-order valence-electron chi connectivity index (χ2n) is 3.19. The zero-order chi connectivity index (χ0) is 11.3. The van der Waals surface area contributed by atoms with Crippen molar-refractivity contribution in [3.05, 3.63) is 40.0 Å². The molecule has 0 saturated carbocycles. The minimum atomic E-state index is -1.13. The van der Waals surface area contributed by atoms with Crippen molar-refractivity contribution < 1.29 is 10.2 Å². The summed E-state index contributed by atoms with van der Waals surface area (Å²) in [6.45, 7) is 1.70. The number of aryl methyl sites for hydroxylation is 1. The SMILES string of the molecule is Cc1ccc(C(O)C(O)CN=[N+]=[N-])nc1. The highest BCUT2D eigenvalue weighted by Crippen LogP contribution is 2.14. The van der Waals surface area contributed by atoms with Gasteiger partial charge in [0.1, 0.15) is 6.10 Å². The van der Waals surface area contributed by atoms with Gasteiger partial charge in [0.25, 0.3) is 0 Å². The molecule has 1 rings (SSSR count). The van der Waals surface area contributed by atoms with Crippen molar-refractivity contribution in [1.29, 1.82) is 0 Å². The highest BCUT2D eigenvalue weighted by molar-refractivity contribution is 5.14. The Morgan fingerprint density at radius 3 is 2.80 bits per heavy atom. The molecule has 6 nitrogen and oxygen atoms in total. The molecule has 6 heteroatoms. The number of aromatic nitrogens is 1. The lowest BCUT2D eigenvalue weighted by atomic mass is 10.1. The normalized spacial score (nSPS) is 14.1. The Balaban J connectivity index is 2.70. The second-order valence-corrected chi connectivity index (χ2v) is 3.19. The number of rotatable bonds is 4. The summed E-state index contributed by atoms with van der Waals surface area (Å²) in [6, 6.07) is 3.41. The van der Waals surface area contributed by atoms with E-state index in [0.717, 1.165) is 5.56 Å². The second kappa shape index (κ2) is 5.31. The molecule has 80 valence electrons. The molecular formula is C9H12N4O2. The lowest BCUT2D eigenvalue weighted by Gasteiger charge is -2.15. The summed E-state index contributed by atoms with van der Waals surface area (Å²) in [5, 5.41) is 22.2. The molecule has 0 bridgehead atoms. The van der Waals surface area contributed by atoms with E-state index in [0.29, 0.717) is 5.69 Å². The van der Waals surface area contributed by atoms with Crippen LogP contribution in [0, 0.1) is 6.92 Å². The molecule has 1 aromatic heterocycles. The summed E-state index contributed by atoms with van der Waals surface area (Å²) in [5.74, 6) is 0. The van der Waals surface area contributed by atoms with E-state index in [-0.39, 0.29) is 6.54 Å². The van der Waals surface area contributed by atoms with E-state index in [2.05, 4.69) is 15.0 Å². The molecule has 0 spiro atoms. The molecule has 0 radical (unpaired) electrons. The van der Waals surface area contributed by atoms with E-state index in [1.54, 1.807) is 18.3 Å². The van der Waals surface area contributed by atoms with Crippen molar-refractivity contribution in [3.63, 3.8) is 0 Å². The van der Waals surface area contributed by atoms with Gasteiger partial charge in [-0.2, -0.15) is 0 Å². The van der Waals surface area contributed by atoms with Crippen LogP contribution in [-0.4, -0.2) is 27.8 Å². The van der Waals surface area contributed by atoms with Crippen LogP contribution in [-0.2, 0) is 0 Å². The highest BCUT2D eigenvalue weighted by atomic mass is 16.3. The van der Waals surface area contributed by atoms with Gasteiger partial charge in [-0.25, -0.2) is 0 Å². The monoisotopic (exact) mass is 208 g/mol. The molecular weight excluding hydrogens is 196 g/mol. The summed E-state index contributed by atoms with van der Waals surface area (Å²) in [4.78, 5) is 6.46. The fourth-order valence-electron chi connectivity index (χ4n) is 1.07. The van der Waals surface area contributed by atoms with E-state index >= 15 is 0 Å². The van der Waals surface area contributed by atoms with Gasteiger partial charge >= 0.3 is 0 Å². The maximum Gasteiger partial charge on any atom is 0.122 e. The van der Waals surface area contributed by atoms with E-state index in [1.807, 2.05) is 6.92 Å². The van der Waals surface area contributed by atoms with Crippen LogP contribution in [0.3, 0.4) is 0 Å². The topological polar surface area (TPSA) is 102 Å². The Morgan fingerprint density at radius 2 is 2.27 bits per heavy atom. The zero-order valence-electron chi connectivity index (χ0n) is 8.28. The van der Waals surface area contributed by atoms with Gasteiger partial charge in [-0.15, -0.1) is 0 Å². The molecule has 0 saturated heterocycles. The Morgan fingerprint density at radius 1 is 1.53 bits per heavy atom. The Bertz CT molecular complexity index is 359. The van der Waals surface area contributed by atoms with Crippen LogP contribution in [0.4, 0.5) is 0 Å². The first-order chi connectivity index (χ1) is 7.15. The summed E-state index contributed by atoms with van der Waals surface area (Å²) in [6.07, 6.45) is -0.661. The fraction of sp³-hybridized carbons (Fsp3) is 0.444. The first kappa shape index (κ1) is 11.5. The average molecular weight is 208 g/mol. The molecule has 0 fully saturated rings. The van der Waals surface area contributed by atoms with Gasteiger partial charge in [0.15, 0.2) is 0 Å². The predicted molar refractivity (Wildman–Crippen MR) is 54.0 cm³/mol. The van der Waals surface area contributed by atoms with Gasteiger partial charge in [0.2, 0.25) is 0 Å². The quantitative estimate of drug-likeness (QED) is 0.440. The number of hydrogen-bond donors (Lipinski definition) is 2. The van der Waals surface area contributed by atoms with Gasteiger partial charge in [0.05, 0.1) is 18.3 Å². The largest absolute Gasteiger partial charge is 0.390 e. The molecule has 0 aliphatic rings. The lowest BCUT2D eigenvalue weighted by molar-refractivity contribution is 0.0218. The van der Waals surface area contributed by atoms with Gasteiger partial charge in [-0.3, -0.25) is 4.98 Å². The van der Waals surface area contributed by atoms with Gasteiger partial charge in [-0.1, -0.05) is 11.2 Å². The van der Waals surface area contributed by atoms with E-state index < -0.39 is 12.2 Å². The van der Waals surface area contributed by atoms with Crippen LogP contribution in [0.2, 0.25) is 0 Å². The minimum absolute atomic E-state index is 0.173. The van der Waals surface area contributed by atoms with Crippen LogP contribution >= 0.6 is 0 Å². The van der Waals surface area contributed by atoms with E-state index in [1.165, 1.54) is 0 Å². The molecule has 2 unspecified atom stereocenters. The maximum atomic E-state index is 9.61. The van der Waals surface area contributed by atoms with Gasteiger partial charge in [-0.05, 0) is 24.1 Å². The molecule has 2 N–H and O–H groups in total. The standard InChI is InChI=1S/C9H12N4O2/c1-6-2-3-7(11-4-6)9(15)8(14)5-12-13-10/h2-4,8-9,14-15H,5H2,1H3. The first-order valence-electron chi connectivity index (χ1n) is 4.44. The van der Waals surface area contributed by atoms with Crippen LogP contribution in [0.5, 0.6) is 0 Å². The fourth-order valence-corrected chi connectivity index (χ4v) is 1.07. The Labute approximate surface area is 86.8 Å². The third-order valence-electron chi connectivity index (χ3n) is 1.93. The maximum absolute atomic E-state index is 9.61. The predicted octanol–water partition coefficient (Wildman–Crippen LogP) is 1.09. The molecule has 0 aliphatic heterocycles. The summed E-state index contributed by atoms with van der Waals surface area (Å²) in [7, 11) is 0. The molecule has 0 amide bonds. The number of hydrogen-bond acceptors (Lipinski definition) is 4. The van der Waals surface area contributed by atoms with Crippen molar-refractivity contribution in [2.24, 2.45) is 5.11 Å². The van der Waals surface area contributed by atoms with E-state index in [4.69, 9.17) is 5.53 Å². The smallest absolute Gasteiger partial charge is 0.122 e. The molecule has 0 aromatic carbocycles. The number of aliphatic hydroxyl groups excluding tert-OH is 2. The van der Waals surface area contributed by atoms with E-state index in [9.17, 15) is 10.2 Å². The summed E-state index contributed by atoms with van der Waals surface area (Å²) >= 11 is 0. The van der Waals surface area contributed by atoms with Crippen molar-refractivity contribution in [1.82, 2.24) is 4.98 Å². The summed E-state index contributed by atoms with van der Waals surface area (Å²) in [5.41, 5.74) is 9.38. The van der Waals surface area contributed by atoms with Crippen molar-refractivity contribution in [2.45, 2.75) is 19.1 Å². The summed E-state index contributed by atoms with van der Waals surface area (Å²) < 4.78 is 0. The first-order valence-corrected chi connectivity index (χ1v) is 4.44. The number of azide groups is 1. The number of nitrogens with zero attached hydrogens (tertiary/aromatic N) is 4. The minimum Gasteiger partial charge on any atom is -0.390 e. The molecule has 2 atom stereocenters. The van der Waals surface area contributed by atoms with Crippen molar-refractivity contribution in [2.75, 3.05) is 6.54 Å². The van der Waals surface area contributed by atoms with Crippen molar-refractivity contribution in [3.8, 4) is 0 Å². The van der Waals surface area contributed by atoms with Gasteiger partial charge < -0.3 is 10.2 Å². The molecule has 1 heterocycles. The molecule has 0 aliphatic carbocycles. The average Bonchev–Trinajstić information content (AvgIpc) is 2.26. The number of pyridine rings is 1. The van der Waals surface area contributed by atoms with Crippen LogP contribution in [0.25, 0.3) is 10.4 Å². The molecule has 1 aromatic rings. The van der Waals surface area contributed by atoms with Crippen LogP contribution in [0.1, 0.15) is 17.4 Å². The van der Waals surface area contributed by atoms with Crippen molar-refractivity contribution >= 4 is 0 Å². The lowest BCUT2D eigenvalue weighted by Crippen LogP contribution is -2.21. The van der Waals surface area contributed by atoms with Gasteiger partial charge in [0, 0.05) is 11.1 Å². The zero-order valence-corrected chi connectivity index (χ0v) is 8.28. The molecule has 15 heavy (non-hydrogen) atoms. The number of aliphatic hydroxyl groups is 2. The van der Waals surface area contributed by atoms with Crippen LogP contribution < -0.4 is 0 Å². The third kappa shape index (κ3) is 3.21. The Hall–Kier alpha value is -1.62. The highest BCUT2D eigenvalue weighted by Gasteiger charge is 2.18.